The van der Waals surface area contributed by atoms with Crippen LogP contribution in [0.1, 0.15) is 19.8 Å². The molecule has 0 heterocycles. The summed E-state index contributed by atoms with van der Waals surface area (Å²) in [5.41, 5.74) is 5.10. The first-order chi connectivity index (χ1) is 6.06. The molecule has 0 aliphatic rings. The highest BCUT2D eigenvalue weighted by atomic mass is 32.2. The lowest BCUT2D eigenvalue weighted by Crippen LogP contribution is -2.57. The third-order valence-corrected chi connectivity index (χ3v) is 3.75. The van der Waals surface area contributed by atoms with Crippen LogP contribution in [0.4, 0.5) is 0 Å². The van der Waals surface area contributed by atoms with Crippen LogP contribution in [-0.2, 0) is 10.1 Å². The average Bonchev–Trinajstić information content (AvgIpc) is 1.95. The van der Waals surface area contributed by atoms with E-state index in [2.05, 4.69) is 0 Å². The summed E-state index contributed by atoms with van der Waals surface area (Å²) in [7, 11) is -4.80. The summed E-state index contributed by atoms with van der Waals surface area (Å²) in [6.45, 7) is 0.916. The third kappa shape index (κ3) is 2.62. The largest absolute Gasteiger partial charge is 0.342 e. The van der Waals surface area contributed by atoms with Crippen LogP contribution < -0.4 is 5.73 Å². The van der Waals surface area contributed by atoms with E-state index in [1.54, 1.807) is 0 Å². The van der Waals surface area contributed by atoms with Gasteiger partial charge < -0.3 is 21.1 Å². The number of aliphatic hydroxyl groups is 3. The molecule has 0 aliphatic carbocycles. The molecule has 0 spiro atoms. The molecule has 1 unspecified atom stereocenters. The fraction of sp³-hybridized carbons (Fsp3) is 1.00. The van der Waals surface area contributed by atoms with Crippen molar-refractivity contribution in [2.75, 3.05) is 6.54 Å². The normalized spacial score (nSPS) is 17.9. The molecule has 0 aliphatic heterocycles. The first-order valence-corrected chi connectivity index (χ1v) is 5.34. The highest BCUT2D eigenvalue weighted by Gasteiger charge is 2.54. The van der Waals surface area contributed by atoms with Crippen molar-refractivity contribution in [1.29, 1.82) is 0 Å². The van der Waals surface area contributed by atoms with Crippen LogP contribution >= 0.6 is 0 Å². The number of hydrogen-bond acceptors (Lipinski definition) is 6. The number of hydrogen-bond donors (Lipinski definition) is 5. The molecule has 0 saturated heterocycles. The van der Waals surface area contributed by atoms with Crippen LogP contribution in [-0.4, -0.2) is 45.6 Å². The molecule has 86 valence electrons. The standard InChI is InChI=1S/C6H15NO6S/c1-5(3-2-4-7,6(8,9)10)14(11,12)13/h8-10H,2-4,7H2,1H3,(H,11,12,13). The molecule has 0 rings (SSSR count). The van der Waals surface area contributed by atoms with E-state index in [1.807, 2.05) is 0 Å². The monoisotopic (exact) mass is 229 g/mol. The molecule has 0 fully saturated rings. The lowest BCUT2D eigenvalue weighted by molar-refractivity contribution is -0.331. The first kappa shape index (κ1) is 13.8. The molecular formula is C6H15NO6S. The summed E-state index contributed by atoms with van der Waals surface area (Å²) in [6.07, 6.45) is -0.258. The Labute approximate surface area is 81.9 Å². The lowest BCUT2D eigenvalue weighted by Gasteiger charge is -2.33. The van der Waals surface area contributed by atoms with Gasteiger partial charge >= 0.3 is 0 Å². The Morgan fingerprint density at radius 2 is 1.71 bits per heavy atom. The van der Waals surface area contributed by atoms with Gasteiger partial charge in [0.1, 0.15) is 0 Å². The zero-order valence-electron chi connectivity index (χ0n) is 7.71. The van der Waals surface area contributed by atoms with E-state index in [1.165, 1.54) is 0 Å². The lowest BCUT2D eigenvalue weighted by atomic mass is 10.0. The fourth-order valence-corrected chi connectivity index (χ4v) is 1.66. The minimum absolute atomic E-state index is 0.0984. The molecule has 7 nitrogen and oxygen atoms in total. The number of nitrogens with two attached hydrogens (primary N) is 1. The highest BCUT2D eigenvalue weighted by Crippen LogP contribution is 2.30. The van der Waals surface area contributed by atoms with Crippen LogP contribution in [0, 0.1) is 0 Å². The fourth-order valence-electron chi connectivity index (χ4n) is 0.909. The van der Waals surface area contributed by atoms with Gasteiger partial charge in [-0.1, -0.05) is 0 Å². The Morgan fingerprint density at radius 3 is 1.93 bits per heavy atom. The third-order valence-electron chi connectivity index (χ3n) is 2.14. The van der Waals surface area contributed by atoms with Crippen molar-refractivity contribution < 1.29 is 28.3 Å². The van der Waals surface area contributed by atoms with Gasteiger partial charge in [0, 0.05) is 0 Å². The van der Waals surface area contributed by atoms with Crippen molar-refractivity contribution in [3.8, 4) is 0 Å². The summed E-state index contributed by atoms with van der Waals surface area (Å²) >= 11 is 0. The van der Waals surface area contributed by atoms with Crippen LogP contribution in [0.5, 0.6) is 0 Å². The predicted molar refractivity (Wildman–Crippen MR) is 47.6 cm³/mol. The molecule has 14 heavy (non-hydrogen) atoms. The second kappa shape index (κ2) is 4.09. The first-order valence-electron chi connectivity index (χ1n) is 3.90. The van der Waals surface area contributed by atoms with E-state index in [0.29, 0.717) is 0 Å². The van der Waals surface area contributed by atoms with Crippen LogP contribution in [0.25, 0.3) is 0 Å². The van der Waals surface area contributed by atoms with Gasteiger partial charge in [-0.2, -0.15) is 8.42 Å². The summed E-state index contributed by atoms with van der Waals surface area (Å²) in [5.74, 6) is -3.50. The summed E-state index contributed by atoms with van der Waals surface area (Å²) in [6, 6.07) is 0. The van der Waals surface area contributed by atoms with E-state index in [0.717, 1.165) is 6.92 Å². The van der Waals surface area contributed by atoms with Crippen LogP contribution in [0.15, 0.2) is 0 Å². The molecule has 0 radical (unpaired) electrons. The van der Waals surface area contributed by atoms with E-state index in [-0.39, 0.29) is 19.4 Å². The van der Waals surface area contributed by atoms with Gasteiger partial charge in [-0.15, -0.1) is 0 Å². The quantitative estimate of drug-likeness (QED) is 0.271. The average molecular weight is 229 g/mol. The van der Waals surface area contributed by atoms with Gasteiger partial charge in [0.15, 0.2) is 4.75 Å². The van der Waals surface area contributed by atoms with Gasteiger partial charge in [-0.25, -0.2) is 0 Å². The van der Waals surface area contributed by atoms with Crippen molar-refractivity contribution >= 4 is 10.1 Å². The van der Waals surface area contributed by atoms with E-state index < -0.39 is 20.8 Å². The molecule has 0 saturated carbocycles. The maximum atomic E-state index is 10.8. The highest BCUT2D eigenvalue weighted by molar-refractivity contribution is 7.87. The van der Waals surface area contributed by atoms with Gasteiger partial charge in [0.2, 0.25) is 0 Å². The zero-order valence-corrected chi connectivity index (χ0v) is 8.53. The van der Waals surface area contributed by atoms with E-state index >= 15 is 0 Å². The minimum atomic E-state index is -4.80. The van der Waals surface area contributed by atoms with Crippen molar-refractivity contribution in [2.24, 2.45) is 5.73 Å². The smallest absolute Gasteiger partial charge is 0.298 e. The van der Waals surface area contributed by atoms with Gasteiger partial charge in [-0.05, 0) is 26.3 Å². The summed E-state index contributed by atoms with van der Waals surface area (Å²) < 4.78 is 28.0. The van der Waals surface area contributed by atoms with E-state index in [9.17, 15) is 8.42 Å². The van der Waals surface area contributed by atoms with E-state index in [4.69, 9.17) is 25.6 Å². The molecule has 0 aromatic rings. The van der Waals surface area contributed by atoms with Crippen molar-refractivity contribution in [3.63, 3.8) is 0 Å². The van der Waals surface area contributed by atoms with Gasteiger partial charge in [-0.3, -0.25) is 4.55 Å². The molecule has 0 aromatic heterocycles. The van der Waals surface area contributed by atoms with Gasteiger partial charge in [0.05, 0.1) is 0 Å². The van der Waals surface area contributed by atoms with Crippen LogP contribution in [0.3, 0.4) is 0 Å². The topological polar surface area (TPSA) is 141 Å². The Bertz CT molecular complexity index is 281. The molecule has 0 aromatic carbocycles. The Morgan fingerprint density at radius 1 is 1.29 bits per heavy atom. The second-order valence-corrected chi connectivity index (χ2v) is 5.08. The molecule has 0 amide bonds. The number of rotatable bonds is 5. The molecular weight excluding hydrogens is 214 g/mol. The molecule has 1 atom stereocenters. The Hall–Kier alpha value is -0.250. The predicted octanol–water partition coefficient (Wildman–Crippen LogP) is -2.00. The Balaban J connectivity index is 5.08. The maximum Gasteiger partial charge on any atom is 0.298 e. The summed E-state index contributed by atoms with van der Waals surface area (Å²) in [5, 5.41) is 26.5. The van der Waals surface area contributed by atoms with Crippen LogP contribution in [0.2, 0.25) is 0 Å². The minimum Gasteiger partial charge on any atom is -0.342 e. The Kier molecular flexibility index (Phi) is 4.02. The SMILES string of the molecule is CC(CCCN)(C(O)(O)O)S(=O)(=O)O. The van der Waals surface area contributed by atoms with Gasteiger partial charge in [0.25, 0.3) is 16.1 Å². The molecule has 6 N–H and O–H groups in total. The van der Waals surface area contributed by atoms with Crippen molar-refractivity contribution in [2.45, 2.75) is 30.5 Å². The molecule has 8 heteroatoms. The summed E-state index contributed by atoms with van der Waals surface area (Å²) in [4.78, 5) is 0. The second-order valence-electron chi connectivity index (χ2n) is 3.23. The van der Waals surface area contributed by atoms with Crippen molar-refractivity contribution in [1.82, 2.24) is 0 Å². The zero-order chi connectivity index (χ0) is 11.6. The van der Waals surface area contributed by atoms with Crippen molar-refractivity contribution in [3.05, 3.63) is 0 Å². The molecule has 0 bridgehead atoms. The maximum absolute atomic E-state index is 10.8.